The second kappa shape index (κ2) is 4.68. The van der Waals surface area contributed by atoms with Crippen LogP contribution in [-0.4, -0.2) is 38.0 Å². The van der Waals surface area contributed by atoms with Crippen molar-refractivity contribution >= 4 is 11.8 Å². The van der Waals surface area contributed by atoms with Gasteiger partial charge in [0.25, 0.3) is 0 Å². The van der Waals surface area contributed by atoms with E-state index in [1.807, 2.05) is 0 Å². The van der Waals surface area contributed by atoms with Gasteiger partial charge < -0.3 is 9.47 Å². The Kier molecular flexibility index (Phi) is 3.23. The molecule has 5 nitrogen and oxygen atoms in total. The molecule has 1 heterocycles. The van der Waals surface area contributed by atoms with Crippen molar-refractivity contribution in [2.45, 2.75) is 12.3 Å². The van der Waals surface area contributed by atoms with E-state index in [-0.39, 0.29) is 18.2 Å². The zero-order valence-corrected chi connectivity index (χ0v) is 10.6. The Morgan fingerprint density at radius 2 is 1.67 bits per heavy atom. The number of methoxy groups -OCH3 is 2. The van der Waals surface area contributed by atoms with Crippen molar-refractivity contribution < 1.29 is 19.1 Å². The third-order valence-electron chi connectivity index (χ3n) is 3.16. The Morgan fingerprint density at radius 3 is 2.06 bits per heavy atom. The number of carbonyl (C=O) groups is 2. The normalized spacial score (nSPS) is 19.3. The average Bonchev–Trinajstić information content (AvgIpc) is 2.65. The van der Waals surface area contributed by atoms with Crippen molar-refractivity contribution in [1.82, 2.24) is 4.90 Å². The number of imide groups is 1. The molecule has 1 aromatic rings. The molecule has 1 aliphatic rings. The van der Waals surface area contributed by atoms with Gasteiger partial charge in [0.05, 0.1) is 20.1 Å². The van der Waals surface area contributed by atoms with Gasteiger partial charge in [-0.05, 0) is 17.7 Å². The number of likely N-dealkylation sites (tertiary alicyclic amines) is 1. The van der Waals surface area contributed by atoms with Gasteiger partial charge in [0.1, 0.15) is 11.5 Å². The van der Waals surface area contributed by atoms with Crippen LogP contribution in [0, 0.1) is 0 Å². The summed E-state index contributed by atoms with van der Waals surface area (Å²) in [4.78, 5) is 24.6. The minimum Gasteiger partial charge on any atom is -0.497 e. The number of ether oxygens (including phenoxy) is 2. The molecule has 0 spiro atoms. The summed E-state index contributed by atoms with van der Waals surface area (Å²) in [6.07, 6.45) is 0.200. The van der Waals surface area contributed by atoms with Crippen LogP contribution in [0.4, 0.5) is 0 Å². The number of amides is 2. The molecule has 0 unspecified atom stereocenters. The van der Waals surface area contributed by atoms with E-state index in [2.05, 4.69) is 0 Å². The lowest BCUT2D eigenvalue weighted by Crippen LogP contribution is -2.25. The molecule has 2 amide bonds. The van der Waals surface area contributed by atoms with Gasteiger partial charge in [0.15, 0.2) is 0 Å². The van der Waals surface area contributed by atoms with Gasteiger partial charge in [-0.2, -0.15) is 0 Å². The minimum absolute atomic E-state index is 0.160. The second-order valence-corrected chi connectivity index (χ2v) is 4.19. The SMILES string of the molecule is COc1cc(OC)cc([C@@H]2CC(=O)N(C)C2=O)c1. The van der Waals surface area contributed by atoms with Crippen LogP contribution in [0.1, 0.15) is 17.9 Å². The van der Waals surface area contributed by atoms with Crippen LogP contribution in [0.15, 0.2) is 18.2 Å². The summed E-state index contributed by atoms with van der Waals surface area (Å²) in [7, 11) is 4.60. The van der Waals surface area contributed by atoms with Crippen LogP contribution in [0.25, 0.3) is 0 Å². The van der Waals surface area contributed by atoms with Gasteiger partial charge in [-0.15, -0.1) is 0 Å². The summed E-state index contributed by atoms with van der Waals surface area (Å²) in [6.45, 7) is 0. The fraction of sp³-hybridized carbons (Fsp3) is 0.385. The van der Waals surface area contributed by atoms with Crippen molar-refractivity contribution in [2.75, 3.05) is 21.3 Å². The molecule has 1 saturated heterocycles. The van der Waals surface area contributed by atoms with Crippen LogP contribution in [0.5, 0.6) is 11.5 Å². The van der Waals surface area contributed by atoms with E-state index in [9.17, 15) is 9.59 Å². The molecule has 0 radical (unpaired) electrons. The van der Waals surface area contributed by atoms with E-state index in [1.165, 1.54) is 7.05 Å². The van der Waals surface area contributed by atoms with Gasteiger partial charge in [-0.1, -0.05) is 0 Å². The Hall–Kier alpha value is -2.04. The quantitative estimate of drug-likeness (QED) is 0.755. The smallest absolute Gasteiger partial charge is 0.236 e. The van der Waals surface area contributed by atoms with Crippen LogP contribution < -0.4 is 9.47 Å². The van der Waals surface area contributed by atoms with Crippen LogP contribution in [0.3, 0.4) is 0 Å². The predicted octanol–water partition coefficient (Wildman–Crippen LogP) is 1.18. The third kappa shape index (κ3) is 2.03. The maximum atomic E-state index is 11.9. The number of benzene rings is 1. The summed E-state index contributed by atoms with van der Waals surface area (Å²) in [5.74, 6) is 0.437. The Labute approximate surface area is 105 Å². The highest BCUT2D eigenvalue weighted by Gasteiger charge is 2.37. The van der Waals surface area contributed by atoms with Crippen molar-refractivity contribution in [3.05, 3.63) is 23.8 Å². The van der Waals surface area contributed by atoms with Crippen LogP contribution in [-0.2, 0) is 9.59 Å². The van der Waals surface area contributed by atoms with Crippen molar-refractivity contribution in [2.24, 2.45) is 0 Å². The highest BCUT2D eigenvalue weighted by molar-refractivity contribution is 6.05. The Balaban J connectivity index is 2.39. The molecule has 0 aliphatic carbocycles. The number of likely N-dealkylation sites (N-methyl/N-ethyl adjacent to an activating group) is 1. The van der Waals surface area contributed by atoms with E-state index in [0.717, 1.165) is 10.5 Å². The fourth-order valence-electron chi connectivity index (χ4n) is 2.05. The Bertz CT molecular complexity index is 476. The van der Waals surface area contributed by atoms with Crippen LogP contribution >= 0.6 is 0 Å². The first kappa shape index (κ1) is 12.4. The number of hydrogen-bond acceptors (Lipinski definition) is 4. The molecular formula is C13H15NO4. The molecule has 96 valence electrons. The highest BCUT2D eigenvalue weighted by Crippen LogP contribution is 2.33. The summed E-state index contributed by atoms with van der Waals surface area (Å²) in [5.41, 5.74) is 0.744. The van der Waals surface area contributed by atoms with Gasteiger partial charge in [0, 0.05) is 19.5 Å². The largest absolute Gasteiger partial charge is 0.497 e. The van der Waals surface area contributed by atoms with Gasteiger partial charge in [-0.25, -0.2) is 0 Å². The maximum Gasteiger partial charge on any atom is 0.236 e. The molecule has 1 aromatic carbocycles. The van der Waals surface area contributed by atoms with E-state index in [1.54, 1.807) is 32.4 Å². The maximum absolute atomic E-state index is 11.9. The summed E-state index contributed by atoms with van der Waals surface area (Å²) >= 11 is 0. The lowest BCUT2D eigenvalue weighted by atomic mass is 9.97. The van der Waals surface area contributed by atoms with E-state index >= 15 is 0 Å². The summed E-state index contributed by atoms with van der Waals surface area (Å²) in [5, 5.41) is 0. The van der Waals surface area contributed by atoms with E-state index in [4.69, 9.17) is 9.47 Å². The van der Waals surface area contributed by atoms with Crippen LogP contribution in [0.2, 0.25) is 0 Å². The molecule has 0 aromatic heterocycles. The number of carbonyl (C=O) groups excluding carboxylic acids is 2. The predicted molar refractivity (Wildman–Crippen MR) is 64.7 cm³/mol. The van der Waals surface area contributed by atoms with E-state index < -0.39 is 5.92 Å². The third-order valence-corrected chi connectivity index (χ3v) is 3.16. The van der Waals surface area contributed by atoms with Crippen molar-refractivity contribution in [3.8, 4) is 11.5 Å². The summed E-state index contributed by atoms with van der Waals surface area (Å²) < 4.78 is 10.3. The lowest BCUT2D eigenvalue weighted by molar-refractivity contribution is -0.137. The zero-order chi connectivity index (χ0) is 13.3. The number of hydrogen-bond donors (Lipinski definition) is 0. The Morgan fingerprint density at radius 1 is 1.11 bits per heavy atom. The minimum atomic E-state index is -0.438. The molecule has 18 heavy (non-hydrogen) atoms. The van der Waals surface area contributed by atoms with Gasteiger partial charge in [0.2, 0.25) is 11.8 Å². The van der Waals surface area contributed by atoms with E-state index in [0.29, 0.717) is 11.5 Å². The molecule has 5 heteroatoms. The summed E-state index contributed by atoms with van der Waals surface area (Å²) in [6, 6.07) is 5.25. The molecular weight excluding hydrogens is 234 g/mol. The molecule has 1 aliphatic heterocycles. The van der Waals surface area contributed by atoms with Crippen molar-refractivity contribution in [3.63, 3.8) is 0 Å². The molecule has 0 saturated carbocycles. The molecule has 1 atom stereocenters. The van der Waals surface area contributed by atoms with Gasteiger partial charge >= 0.3 is 0 Å². The zero-order valence-electron chi connectivity index (χ0n) is 10.6. The average molecular weight is 249 g/mol. The second-order valence-electron chi connectivity index (χ2n) is 4.19. The number of rotatable bonds is 3. The molecule has 1 fully saturated rings. The molecule has 0 N–H and O–H groups in total. The first-order valence-electron chi connectivity index (χ1n) is 5.60. The molecule has 0 bridgehead atoms. The standard InChI is InChI=1S/C13H15NO4/c1-14-12(15)7-11(13(14)16)8-4-9(17-2)6-10(5-8)18-3/h4-6,11H,7H2,1-3H3/t11-/m0/s1. The first-order valence-corrected chi connectivity index (χ1v) is 5.60. The molecule has 2 rings (SSSR count). The monoisotopic (exact) mass is 249 g/mol. The topological polar surface area (TPSA) is 55.8 Å². The van der Waals surface area contributed by atoms with Gasteiger partial charge in [-0.3, -0.25) is 14.5 Å². The fourth-order valence-corrected chi connectivity index (χ4v) is 2.05. The first-order chi connectivity index (χ1) is 8.56. The van der Waals surface area contributed by atoms with Crippen molar-refractivity contribution in [1.29, 1.82) is 0 Å². The highest BCUT2D eigenvalue weighted by atomic mass is 16.5. The number of nitrogens with zero attached hydrogens (tertiary/aromatic N) is 1. The lowest BCUT2D eigenvalue weighted by Gasteiger charge is -2.12.